The van der Waals surface area contributed by atoms with Gasteiger partial charge in [-0.2, -0.15) is 0 Å². The third-order valence-corrected chi connectivity index (χ3v) is 1.61. The second-order valence-corrected chi connectivity index (χ2v) is 4.26. The van der Waals surface area contributed by atoms with Gasteiger partial charge in [-0.05, 0) is 12.8 Å². The highest BCUT2D eigenvalue weighted by molar-refractivity contribution is 5.85. The Kier molecular flexibility index (Phi) is 8.10. The second kappa shape index (κ2) is 7.04. The minimum Gasteiger partial charge on any atom is -0.860 e. The summed E-state index contributed by atoms with van der Waals surface area (Å²) in [5.41, 5.74) is 0. The van der Waals surface area contributed by atoms with Crippen molar-refractivity contribution in [2.24, 2.45) is 4.99 Å². The lowest BCUT2D eigenvalue weighted by Crippen LogP contribution is -2.36. The van der Waals surface area contributed by atoms with Gasteiger partial charge in [-0.1, -0.05) is 0 Å². The van der Waals surface area contributed by atoms with Crippen molar-refractivity contribution >= 4 is 18.3 Å². The molecule has 0 aliphatic heterocycles. The summed E-state index contributed by atoms with van der Waals surface area (Å²) in [6.45, 7) is 2.93. The standard InChI is InChI=1S/C9H20N2O2.ClH/c1-8(12)9(13)10-6-5-7-11(2,3)4;/h8,12H,5-7H2,1-4H3;1H. The zero-order valence-corrected chi connectivity index (χ0v) is 10.2. The molecule has 86 valence electrons. The first kappa shape index (κ1) is 16.1. The van der Waals surface area contributed by atoms with Gasteiger partial charge in [-0.3, -0.25) is 0 Å². The molecule has 0 saturated carbocycles. The van der Waals surface area contributed by atoms with E-state index in [0.717, 1.165) is 17.4 Å². The van der Waals surface area contributed by atoms with Crippen LogP contribution in [0.5, 0.6) is 0 Å². The van der Waals surface area contributed by atoms with Crippen LogP contribution in [0.25, 0.3) is 0 Å². The SMILES string of the molecule is CC(O)C([O-])=NCCC[N+](C)(C)C.Cl. The van der Waals surface area contributed by atoms with Crippen LogP contribution in [-0.4, -0.2) is 55.8 Å². The lowest BCUT2D eigenvalue weighted by molar-refractivity contribution is -0.870. The van der Waals surface area contributed by atoms with Gasteiger partial charge in [-0.15, -0.1) is 12.4 Å². The summed E-state index contributed by atoms with van der Waals surface area (Å²) in [5.74, 6) is -0.415. The molecular weight excluding hydrogens is 204 g/mol. The molecule has 0 fully saturated rings. The summed E-state index contributed by atoms with van der Waals surface area (Å²) in [6.07, 6.45) is -0.0776. The highest BCUT2D eigenvalue weighted by Gasteiger charge is 2.04. The maximum absolute atomic E-state index is 10.8. The van der Waals surface area contributed by atoms with Crippen molar-refractivity contribution in [3.05, 3.63) is 0 Å². The molecule has 0 aromatic heterocycles. The predicted molar refractivity (Wildman–Crippen MR) is 58.7 cm³/mol. The van der Waals surface area contributed by atoms with Crippen molar-refractivity contribution in [2.75, 3.05) is 34.2 Å². The lowest BCUT2D eigenvalue weighted by atomic mass is 10.3. The molecule has 14 heavy (non-hydrogen) atoms. The summed E-state index contributed by atoms with van der Waals surface area (Å²) in [4.78, 5) is 3.73. The van der Waals surface area contributed by atoms with Crippen LogP contribution in [0.3, 0.4) is 0 Å². The molecule has 0 radical (unpaired) electrons. The quantitative estimate of drug-likeness (QED) is 0.300. The van der Waals surface area contributed by atoms with Crippen LogP contribution >= 0.6 is 12.4 Å². The summed E-state index contributed by atoms with van der Waals surface area (Å²) in [6, 6.07) is 0. The molecular formula is C9H21ClN2O2. The van der Waals surface area contributed by atoms with E-state index in [0.29, 0.717) is 6.54 Å². The summed E-state index contributed by atoms with van der Waals surface area (Å²) in [5, 5.41) is 19.7. The van der Waals surface area contributed by atoms with Gasteiger partial charge < -0.3 is 19.7 Å². The molecule has 1 N–H and O–H groups in total. The molecule has 5 heteroatoms. The highest BCUT2D eigenvalue weighted by atomic mass is 35.5. The average Bonchev–Trinajstić information content (AvgIpc) is 1.95. The van der Waals surface area contributed by atoms with Crippen molar-refractivity contribution in [3.63, 3.8) is 0 Å². The van der Waals surface area contributed by atoms with Gasteiger partial charge in [0.05, 0.1) is 33.8 Å². The van der Waals surface area contributed by atoms with Gasteiger partial charge in [-0.25, -0.2) is 0 Å². The monoisotopic (exact) mass is 224 g/mol. The van der Waals surface area contributed by atoms with Gasteiger partial charge in [0, 0.05) is 13.0 Å². The van der Waals surface area contributed by atoms with Crippen LogP contribution in [0.1, 0.15) is 13.3 Å². The first-order valence-corrected chi connectivity index (χ1v) is 4.53. The maximum atomic E-state index is 10.8. The number of halogens is 1. The zero-order valence-electron chi connectivity index (χ0n) is 9.36. The largest absolute Gasteiger partial charge is 0.860 e. The Balaban J connectivity index is 0. The number of aliphatic hydroxyl groups is 1. The molecule has 4 nitrogen and oxygen atoms in total. The van der Waals surface area contributed by atoms with E-state index < -0.39 is 12.0 Å². The number of aliphatic hydroxyl groups excluding tert-OH is 1. The molecule has 0 aliphatic carbocycles. The number of aliphatic imine (C=N–C) groups is 1. The van der Waals surface area contributed by atoms with Crippen molar-refractivity contribution in [2.45, 2.75) is 19.4 Å². The smallest absolute Gasteiger partial charge is 0.0798 e. The minimum atomic E-state index is -0.955. The van der Waals surface area contributed by atoms with E-state index in [2.05, 4.69) is 26.1 Å². The molecule has 0 saturated heterocycles. The van der Waals surface area contributed by atoms with Crippen LogP contribution in [0.15, 0.2) is 4.99 Å². The highest BCUT2D eigenvalue weighted by Crippen LogP contribution is 1.94. The molecule has 0 aromatic carbocycles. The second-order valence-electron chi connectivity index (χ2n) is 4.26. The van der Waals surface area contributed by atoms with Crippen LogP contribution in [0.2, 0.25) is 0 Å². The van der Waals surface area contributed by atoms with Crippen LogP contribution in [0.4, 0.5) is 0 Å². The number of rotatable bonds is 5. The van der Waals surface area contributed by atoms with Crippen molar-refractivity contribution in [1.29, 1.82) is 0 Å². The van der Waals surface area contributed by atoms with Gasteiger partial charge in [0.2, 0.25) is 0 Å². The molecule has 0 heterocycles. The molecule has 0 spiro atoms. The molecule has 0 bridgehead atoms. The number of nitrogens with zero attached hydrogens (tertiary/aromatic N) is 2. The molecule has 1 atom stereocenters. The van der Waals surface area contributed by atoms with Gasteiger partial charge in [0.25, 0.3) is 0 Å². The third kappa shape index (κ3) is 9.77. The lowest BCUT2D eigenvalue weighted by Gasteiger charge is -2.23. The fourth-order valence-corrected chi connectivity index (χ4v) is 0.866. The van der Waals surface area contributed by atoms with Crippen LogP contribution in [-0.2, 0) is 0 Å². The Morgan fingerprint density at radius 1 is 1.43 bits per heavy atom. The number of hydrogen-bond donors (Lipinski definition) is 1. The van der Waals surface area contributed by atoms with Gasteiger partial charge in [0.15, 0.2) is 0 Å². The van der Waals surface area contributed by atoms with E-state index in [9.17, 15) is 5.11 Å². The first-order chi connectivity index (χ1) is 5.83. The Hall–Kier alpha value is -0.320. The molecule has 1 unspecified atom stereocenters. The van der Waals surface area contributed by atoms with Crippen molar-refractivity contribution < 1.29 is 14.7 Å². The Morgan fingerprint density at radius 2 is 1.93 bits per heavy atom. The van der Waals surface area contributed by atoms with Crippen LogP contribution in [0, 0.1) is 0 Å². The average molecular weight is 225 g/mol. The van der Waals surface area contributed by atoms with E-state index in [1.54, 1.807) is 0 Å². The third-order valence-electron chi connectivity index (χ3n) is 1.61. The molecule has 0 aromatic rings. The fourth-order valence-electron chi connectivity index (χ4n) is 0.866. The Morgan fingerprint density at radius 3 is 2.29 bits per heavy atom. The molecule has 0 amide bonds. The van der Waals surface area contributed by atoms with Crippen molar-refractivity contribution in [3.8, 4) is 0 Å². The van der Waals surface area contributed by atoms with E-state index in [1.807, 2.05) is 0 Å². The maximum Gasteiger partial charge on any atom is 0.0798 e. The van der Waals surface area contributed by atoms with Gasteiger partial charge >= 0.3 is 0 Å². The Bertz CT molecular complexity index is 176. The Labute approximate surface area is 92.3 Å². The zero-order chi connectivity index (χ0) is 10.5. The normalized spacial score (nSPS) is 14.8. The molecule has 0 rings (SSSR count). The van der Waals surface area contributed by atoms with E-state index >= 15 is 0 Å². The van der Waals surface area contributed by atoms with Crippen LogP contribution < -0.4 is 5.11 Å². The minimum absolute atomic E-state index is 0. The summed E-state index contributed by atoms with van der Waals surface area (Å²) < 4.78 is 0.873. The van der Waals surface area contributed by atoms with E-state index in [4.69, 9.17) is 5.11 Å². The first-order valence-electron chi connectivity index (χ1n) is 4.53. The number of quaternary nitrogens is 1. The van der Waals surface area contributed by atoms with E-state index in [-0.39, 0.29) is 12.4 Å². The fraction of sp³-hybridized carbons (Fsp3) is 0.889. The van der Waals surface area contributed by atoms with Crippen molar-refractivity contribution in [1.82, 2.24) is 0 Å². The summed E-state index contributed by atoms with van der Waals surface area (Å²) in [7, 11) is 6.28. The molecule has 0 aliphatic rings. The number of hydrogen-bond acceptors (Lipinski definition) is 3. The van der Waals surface area contributed by atoms with Gasteiger partial charge in [0.1, 0.15) is 0 Å². The predicted octanol–water partition coefficient (Wildman–Crippen LogP) is -0.356. The summed E-state index contributed by atoms with van der Waals surface area (Å²) >= 11 is 0. The topological polar surface area (TPSA) is 55.6 Å². The van der Waals surface area contributed by atoms with E-state index in [1.165, 1.54) is 6.92 Å².